The van der Waals surface area contributed by atoms with Crippen LogP contribution >= 0.6 is 0 Å². The number of rotatable bonds is 4. The Hall–Kier alpha value is -5.02. The normalized spacial score (nSPS) is 11.5. The van der Waals surface area contributed by atoms with Gasteiger partial charge < -0.3 is 4.57 Å². The lowest BCUT2D eigenvalue weighted by atomic mass is 9.90. The van der Waals surface area contributed by atoms with Crippen molar-refractivity contribution in [2.24, 2.45) is 0 Å². The van der Waals surface area contributed by atoms with Gasteiger partial charge in [-0.3, -0.25) is 9.59 Å². The smallest absolute Gasteiger partial charge is 0.150 e. The summed E-state index contributed by atoms with van der Waals surface area (Å²) in [6.45, 7) is 0. The van der Waals surface area contributed by atoms with Crippen LogP contribution in [0.25, 0.3) is 60.2 Å². The summed E-state index contributed by atoms with van der Waals surface area (Å²) in [6.07, 6.45) is 1.73. The quantitative estimate of drug-likeness (QED) is 0.189. The van der Waals surface area contributed by atoms with Crippen molar-refractivity contribution in [1.29, 1.82) is 0 Å². The highest BCUT2D eigenvalue weighted by Gasteiger charge is 2.20. The molecule has 3 heteroatoms. The van der Waals surface area contributed by atoms with Crippen molar-refractivity contribution in [1.82, 2.24) is 4.57 Å². The van der Waals surface area contributed by atoms with Crippen LogP contribution in [0.4, 0.5) is 0 Å². The standard InChI is InChI=1S/C34H21NO2/c36-20-22-14-16-31-29(18-22)30-19-23(21-37)15-17-32(30)35(31)34-27-12-6-4-10-25(27)33(24-8-2-1-3-9-24)26-11-5-7-13-28(26)34/h1-21H. The third-order valence-electron chi connectivity index (χ3n) is 7.27. The van der Waals surface area contributed by atoms with E-state index in [9.17, 15) is 9.59 Å². The van der Waals surface area contributed by atoms with Crippen molar-refractivity contribution >= 4 is 55.9 Å². The highest BCUT2D eigenvalue weighted by molar-refractivity contribution is 6.21. The number of benzene rings is 6. The minimum Gasteiger partial charge on any atom is -0.308 e. The molecule has 3 nitrogen and oxygen atoms in total. The Morgan fingerprint density at radius 1 is 0.459 bits per heavy atom. The van der Waals surface area contributed by atoms with Gasteiger partial charge in [0.05, 0.1) is 16.7 Å². The zero-order chi connectivity index (χ0) is 24.9. The van der Waals surface area contributed by atoms with Crippen LogP contribution in [0.15, 0.2) is 115 Å². The van der Waals surface area contributed by atoms with Crippen molar-refractivity contribution in [3.05, 3.63) is 126 Å². The number of fused-ring (bicyclic) bond motifs is 5. The molecule has 0 bridgehead atoms. The largest absolute Gasteiger partial charge is 0.308 e. The predicted molar refractivity (Wildman–Crippen MR) is 152 cm³/mol. The Labute approximate surface area is 213 Å². The summed E-state index contributed by atoms with van der Waals surface area (Å²) in [5, 5.41) is 6.51. The van der Waals surface area contributed by atoms with Crippen LogP contribution in [-0.4, -0.2) is 17.1 Å². The van der Waals surface area contributed by atoms with Gasteiger partial charge in [-0.15, -0.1) is 0 Å². The molecule has 0 spiro atoms. The third-order valence-corrected chi connectivity index (χ3v) is 7.27. The monoisotopic (exact) mass is 475 g/mol. The zero-order valence-corrected chi connectivity index (χ0v) is 19.9. The van der Waals surface area contributed by atoms with E-state index < -0.39 is 0 Å². The molecule has 0 aliphatic heterocycles. The summed E-state index contributed by atoms with van der Waals surface area (Å²) < 4.78 is 2.28. The zero-order valence-electron chi connectivity index (χ0n) is 19.9. The molecule has 0 radical (unpaired) electrons. The number of hydrogen-bond acceptors (Lipinski definition) is 2. The molecule has 1 heterocycles. The van der Waals surface area contributed by atoms with Crippen LogP contribution in [0.3, 0.4) is 0 Å². The van der Waals surface area contributed by atoms with Gasteiger partial charge in [-0.1, -0.05) is 78.9 Å². The fourth-order valence-electron chi connectivity index (χ4n) is 5.71. The molecule has 0 aliphatic rings. The van der Waals surface area contributed by atoms with E-state index in [1.165, 1.54) is 21.9 Å². The van der Waals surface area contributed by atoms with Crippen LogP contribution < -0.4 is 0 Å². The lowest BCUT2D eigenvalue weighted by molar-refractivity contribution is 0.111. The Balaban J connectivity index is 1.72. The number of carbonyl (C=O) groups is 2. The Bertz CT molecular complexity index is 1890. The fourth-order valence-corrected chi connectivity index (χ4v) is 5.71. The maximum Gasteiger partial charge on any atom is 0.150 e. The summed E-state index contributed by atoms with van der Waals surface area (Å²) >= 11 is 0. The van der Waals surface area contributed by atoms with Crippen molar-refractivity contribution in [3.63, 3.8) is 0 Å². The topological polar surface area (TPSA) is 39.1 Å². The third kappa shape index (κ3) is 3.14. The molecule has 0 atom stereocenters. The molecule has 7 aromatic rings. The Kier molecular flexibility index (Phi) is 4.76. The summed E-state index contributed by atoms with van der Waals surface area (Å²) in [5.74, 6) is 0. The van der Waals surface area contributed by atoms with Gasteiger partial charge in [0, 0.05) is 32.7 Å². The number of nitrogens with zero attached hydrogens (tertiary/aromatic N) is 1. The molecule has 7 rings (SSSR count). The van der Waals surface area contributed by atoms with Crippen molar-refractivity contribution in [2.75, 3.05) is 0 Å². The number of carbonyl (C=O) groups excluding carboxylic acids is 2. The van der Waals surface area contributed by atoms with Crippen molar-refractivity contribution in [3.8, 4) is 16.8 Å². The van der Waals surface area contributed by atoms with E-state index in [1.807, 2.05) is 42.5 Å². The maximum absolute atomic E-state index is 11.6. The van der Waals surface area contributed by atoms with E-state index in [4.69, 9.17) is 0 Å². The van der Waals surface area contributed by atoms with E-state index in [0.29, 0.717) is 11.1 Å². The SMILES string of the molecule is O=Cc1ccc2c(c1)c1cc(C=O)ccc1n2-c1c2ccccc2c(-c2ccccc2)c2ccccc12. The molecule has 0 amide bonds. The molecule has 0 aliphatic carbocycles. The summed E-state index contributed by atoms with van der Waals surface area (Å²) in [6, 6.07) is 39.2. The van der Waals surface area contributed by atoms with Crippen LogP contribution in [0.2, 0.25) is 0 Å². The van der Waals surface area contributed by atoms with Crippen molar-refractivity contribution in [2.45, 2.75) is 0 Å². The molecule has 0 saturated heterocycles. The number of hydrogen-bond donors (Lipinski definition) is 0. The van der Waals surface area contributed by atoms with Crippen LogP contribution in [0, 0.1) is 0 Å². The van der Waals surface area contributed by atoms with Crippen LogP contribution in [-0.2, 0) is 0 Å². The van der Waals surface area contributed by atoms with Crippen molar-refractivity contribution < 1.29 is 9.59 Å². The van der Waals surface area contributed by atoms with E-state index in [1.54, 1.807) is 0 Å². The minimum atomic E-state index is 0.609. The lowest BCUT2D eigenvalue weighted by Gasteiger charge is -2.19. The van der Waals surface area contributed by atoms with Gasteiger partial charge in [0.15, 0.2) is 0 Å². The summed E-state index contributed by atoms with van der Waals surface area (Å²) in [4.78, 5) is 23.3. The first-order chi connectivity index (χ1) is 18.3. The van der Waals surface area contributed by atoms with Gasteiger partial charge in [-0.2, -0.15) is 0 Å². The average Bonchev–Trinajstić information content (AvgIpc) is 3.28. The van der Waals surface area contributed by atoms with Gasteiger partial charge in [0.1, 0.15) is 12.6 Å². The van der Waals surface area contributed by atoms with E-state index >= 15 is 0 Å². The lowest BCUT2D eigenvalue weighted by Crippen LogP contribution is -1.99. The Morgan fingerprint density at radius 2 is 0.919 bits per heavy atom. The molecule has 0 saturated carbocycles. The fraction of sp³-hybridized carbons (Fsp3) is 0. The number of aldehydes is 2. The molecule has 174 valence electrons. The molecule has 1 aromatic heterocycles. The van der Waals surface area contributed by atoms with E-state index in [2.05, 4.69) is 77.4 Å². The summed E-state index contributed by atoms with van der Waals surface area (Å²) in [5.41, 5.74) is 6.67. The van der Waals surface area contributed by atoms with Gasteiger partial charge in [-0.05, 0) is 58.3 Å². The first-order valence-electron chi connectivity index (χ1n) is 12.3. The second-order valence-corrected chi connectivity index (χ2v) is 9.31. The first-order valence-corrected chi connectivity index (χ1v) is 12.3. The average molecular weight is 476 g/mol. The maximum atomic E-state index is 11.6. The Morgan fingerprint density at radius 3 is 1.41 bits per heavy atom. The minimum absolute atomic E-state index is 0.609. The predicted octanol–water partition coefficient (Wildman–Crippen LogP) is 8.38. The molecule has 0 fully saturated rings. The molecule has 6 aromatic carbocycles. The first kappa shape index (κ1) is 21.3. The molecule has 37 heavy (non-hydrogen) atoms. The molecular weight excluding hydrogens is 454 g/mol. The molecule has 0 unspecified atom stereocenters. The second kappa shape index (κ2) is 8.28. The second-order valence-electron chi connectivity index (χ2n) is 9.31. The van der Waals surface area contributed by atoms with E-state index in [-0.39, 0.29) is 0 Å². The van der Waals surface area contributed by atoms with Gasteiger partial charge in [0.25, 0.3) is 0 Å². The van der Waals surface area contributed by atoms with Crippen LogP contribution in [0.5, 0.6) is 0 Å². The van der Waals surface area contributed by atoms with Gasteiger partial charge in [0.2, 0.25) is 0 Å². The number of aromatic nitrogens is 1. The van der Waals surface area contributed by atoms with E-state index in [0.717, 1.165) is 50.8 Å². The van der Waals surface area contributed by atoms with Crippen LogP contribution in [0.1, 0.15) is 20.7 Å². The highest BCUT2D eigenvalue weighted by Crippen LogP contribution is 2.43. The highest BCUT2D eigenvalue weighted by atomic mass is 16.1. The van der Waals surface area contributed by atoms with Gasteiger partial charge >= 0.3 is 0 Å². The van der Waals surface area contributed by atoms with Gasteiger partial charge in [-0.25, -0.2) is 0 Å². The summed E-state index contributed by atoms with van der Waals surface area (Å²) in [7, 11) is 0. The molecule has 0 N–H and O–H groups in total. The molecular formula is C34H21NO2.